The van der Waals surface area contributed by atoms with Crippen LogP contribution in [0.2, 0.25) is 0 Å². The molecule has 0 unspecified atom stereocenters. The number of sulfonamides is 1. The topological polar surface area (TPSA) is 160 Å². The number of amides is 2. The molecule has 41 heavy (non-hydrogen) atoms. The number of aromatic nitrogens is 3. The van der Waals surface area contributed by atoms with Crippen LogP contribution in [-0.4, -0.2) is 88.4 Å². The molecule has 4 rings (SSSR count). The molecule has 0 bridgehead atoms. The number of aliphatic hydroxyl groups is 1. The highest BCUT2D eigenvalue weighted by atomic mass is 32.2. The minimum Gasteiger partial charge on any atom is -0.486 e. The Kier molecular flexibility index (Phi) is 8.57. The minimum absolute atomic E-state index is 0.0102. The lowest BCUT2D eigenvalue weighted by molar-refractivity contribution is 0.0388. The van der Waals surface area contributed by atoms with E-state index in [4.69, 9.17) is 9.26 Å². The number of nitrogens with one attached hydrogen (secondary N) is 1. The van der Waals surface area contributed by atoms with Crippen molar-refractivity contribution in [3.05, 3.63) is 52.7 Å². The van der Waals surface area contributed by atoms with Gasteiger partial charge >= 0.3 is 0 Å². The van der Waals surface area contributed by atoms with E-state index in [2.05, 4.69) is 15.6 Å². The average Bonchev–Trinajstić information content (AvgIpc) is 3.45. The number of fused-ring (bicyclic) bond motifs is 1. The number of likely N-dealkylation sites (N-methyl/N-ethyl adjacent to an activating group) is 1. The summed E-state index contributed by atoms with van der Waals surface area (Å²) in [6.07, 6.45) is -0.743. The van der Waals surface area contributed by atoms with Crippen LogP contribution in [0.5, 0.6) is 5.75 Å². The molecule has 0 spiro atoms. The first-order valence-electron chi connectivity index (χ1n) is 13.2. The third kappa shape index (κ3) is 5.85. The highest BCUT2D eigenvalue weighted by Crippen LogP contribution is 2.35. The van der Waals surface area contributed by atoms with E-state index in [0.29, 0.717) is 11.4 Å². The third-order valence-electron chi connectivity index (χ3n) is 7.25. The molecule has 2 amide bonds. The van der Waals surface area contributed by atoms with Gasteiger partial charge < -0.3 is 24.6 Å². The molecule has 0 fully saturated rings. The number of aliphatic hydroxyl groups excluding tert-OH is 1. The van der Waals surface area contributed by atoms with Gasteiger partial charge in [-0.25, -0.2) is 8.42 Å². The van der Waals surface area contributed by atoms with Gasteiger partial charge in [-0.1, -0.05) is 18.1 Å². The highest BCUT2D eigenvalue weighted by molar-refractivity contribution is 7.89. The number of carbonyl (C=O) groups is 2. The van der Waals surface area contributed by atoms with E-state index >= 15 is 0 Å². The van der Waals surface area contributed by atoms with Gasteiger partial charge in [0.1, 0.15) is 22.4 Å². The Labute approximate surface area is 239 Å². The second-order valence-corrected chi connectivity index (χ2v) is 12.5. The largest absolute Gasteiger partial charge is 0.486 e. The van der Waals surface area contributed by atoms with E-state index in [1.165, 1.54) is 27.9 Å². The monoisotopic (exact) mass is 588 g/mol. The van der Waals surface area contributed by atoms with Crippen molar-refractivity contribution >= 4 is 27.5 Å². The zero-order valence-corrected chi connectivity index (χ0v) is 25.0. The molecule has 3 atom stereocenters. The quantitative estimate of drug-likeness (QED) is 0.402. The van der Waals surface area contributed by atoms with Crippen molar-refractivity contribution in [2.75, 3.05) is 32.1 Å². The molecule has 3 aromatic rings. The molecule has 1 aliphatic rings. The fraction of sp³-hybridized carbons (Fsp3) is 0.481. The number of carbonyl (C=O) groups excluding carboxylic acids is 2. The fourth-order valence-corrected chi connectivity index (χ4v) is 6.39. The van der Waals surface area contributed by atoms with Gasteiger partial charge in [0.25, 0.3) is 11.8 Å². The molecule has 3 heterocycles. The Morgan fingerprint density at radius 1 is 1.29 bits per heavy atom. The Balaban J connectivity index is 1.75. The second kappa shape index (κ2) is 11.6. The normalized spacial score (nSPS) is 18.5. The maximum atomic E-state index is 13.7. The van der Waals surface area contributed by atoms with E-state index in [9.17, 15) is 23.1 Å². The molecule has 0 radical (unpaired) electrons. The van der Waals surface area contributed by atoms with Crippen LogP contribution in [0.25, 0.3) is 0 Å². The molecule has 2 aromatic heterocycles. The predicted molar refractivity (Wildman–Crippen MR) is 149 cm³/mol. The number of hydrogen-bond acceptors (Lipinski definition) is 9. The standard InChI is InChI=1S/C27H36N6O7S/c1-15-12-33(17(3)14-34)27(36)20-9-8-10-21(28-26(35)22-11-16(2)29-32(22)7)24(20)39-23(15)13-31(6)41(37,38)25-18(4)30-40-19(25)5/h8-11,15,17,23,34H,12-14H2,1-7H3,(H,28,35)/t15-,17-,23-/m1/s1. The summed E-state index contributed by atoms with van der Waals surface area (Å²) in [5, 5.41) is 20.7. The van der Waals surface area contributed by atoms with Gasteiger partial charge in [-0.05, 0) is 45.9 Å². The van der Waals surface area contributed by atoms with Crippen molar-refractivity contribution in [3.63, 3.8) is 0 Å². The van der Waals surface area contributed by atoms with Gasteiger partial charge in [-0.3, -0.25) is 14.3 Å². The van der Waals surface area contributed by atoms with Crippen LogP contribution in [-0.2, 0) is 17.1 Å². The number of nitrogens with zero attached hydrogens (tertiary/aromatic N) is 5. The Bertz CT molecular complexity index is 1540. The van der Waals surface area contributed by atoms with Crippen LogP contribution < -0.4 is 10.1 Å². The van der Waals surface area contributed by atoms with Crippen LogP contribution in [0.15, 0.2) is 33.7 Å². The molecule has 1 aliphatic heterocycles. The van der Waals surface area contributed by atoms with E-state index in [-0.39, 0.29) is 64.9 Å². The Morgan fingerprint density at radius 2 is 2.00 bits per heavy atom. The summed E-state index contributed by atoms with van der Waals surface area (Å²) in [4.78, 5) is 28.4. The first-order valence-corrected chi connectivity index (χ1v) is 14.6. The lowest BCUT2D eigenvalue weighted by Gasteiger charge is -2.38. The molecular weight excluding hydrogens is 552 g/mol. The van der Waals surface area contributed by atoms with Crippen molar-refractivity contribution < 1.29 is 32.4 Å². The number of anilines is 1. The summed E-state index contributed by atoms with van der Waals surface area (Å²) in [7, 11) is -0.903. The van der Waals surface area contributed by atoms with E-state index in [0.717, 1.165) is 0 Å². The van der Waals surface area contributed by atoms with Gasteiger partial charge in [-0.2, -0.15) is 9.40 Å². The third-order valence-corrected chi connectivity index (χ3v) is 9.32. The number of rotatable bonds is 8. The molecule has 13 nitrogen and oxygen atoms in total. The Morgan fingerprint density at radius 3 is 2.59 bits per heavy atom. The predicted octanol–water partition coefficient (Wildman–Crippen LogP) is 2.13. The van der Waals surface area contributed by atoms with Crippen molar-refractivity contribution in [1.82, 2.24) is 24.1 Å². The fourth-order valence-electron chi connectivity index (χ4n) is 4.92. The van der Waals surface area contributed by atoms with Gasteiger partial charge in [0.2, 0.25) is 10.0 Å². The van der Waals surface area contributed by atoms with Crippen molar-refractivity contribution in [2.24, 2.45) is 13.0 Å². The van der Waals surface area contributed by atoms with Crippen LogP contribution in [0.1, 0.15) is 51.8 Å². The summed E-state index contributed by atoms with van der Waals surface area (Å²) in [5.41, 5.74) is 1.64. The van der Waals surface area contributed by atoms with E-state index in [1.54, 1.807) is 52.1 Å². The van der Waals surface area contributed by atoms with Crippen molar-refractivity contribution in [2.45, 2.75) is 51.7 Å². The SMILES string of the molecule is Cc1cc(C(=O)Nc2cccc3c2O[C@H](CN(C)S(=O)(=O)c2c(C)noc2C)[C@H](C)CN([C@H](C)CO)C3=O)n(C)n1. The maximum absolute atomic E-state index is 13.7. The number of para-hydroxylation sites is 1. The first-order chi connectivity index (χ1) is 19.3. The summed E-state index contributed by atoms with van der Waals surface area (Å²) in [5.74, 6) is -0.916. The number of hydrogen-bond donors (Lipinski definition) is 2. The average molecular weight is 589 g/mol. The van der Waals surface area contributed by atoms with Crippen LogP contribution >= 0.6 is 0 Å². The molecule has 0 aliphatic carbocycles. The van der Waals surface area contributed by atoms with Gasteiger partial charge in [0.05, 0.1) is 36.1 Å². The van der Waals surface area contributed by atoms with Crippen LogP contribution in [0, 0.1) is 26.7 Å². The molecule has 222 valence electrons. The first kappa shape index (κ1) is 30.2. The zero-order valence-electron chi connectivity index (χ0n) is 24.2. The summed E-state index contributed by atoms with van der Waals surface area (Å²) >= 11 is 0. The zero-order chi connectivity index (χ0) is 30.2. The van der Waals surface area contributed by atoms with E-state index < -0.39 is 28.1 Å². The van der Waals surface area contributed by atoms with Crippen LogP contribution in [0.4, 0.5) is 5.69 Å². The minimum atomic E-state index is -3.99. The number of aryl methyl sites for hydroxylation is 4. The highest BCUT2D eigenvalue weighted by Gasteiger charge is 2.37. The van der Waals surface area contributed by atoms with Crippen molar-refractivity contribution in [3.8, 4) is 5.75 Å². The van der Waals surface area contributed by atoms with Gasteiger partial charge in [-0.15, -0.1) is 0 Å². The molecule has 14 heteroatoms. The molecule has 1 aromatic carbocycles. The summed E-state index contributed by atoms with van der Waals surface area (Å²) in [6, 6.07) is 5.94. The molecule has 0 saturated heterocycles. The summed E-state index contributed by atoms with van der Waals surface area (Å²) in [6.45, 7) is 8.29. The molecule has 2 N–H and O–H groups in total. The van der Waals surface area contributed by atoms with Gasteiger partial charge in [0.15, 0.2) is 11.5 Å². The van der Waals surface area contributed by atoms with E-state index in [1.807, 2.05) is 6.92 Å². The molecular formula is C27H36N6O7S. The lowest BCUT2D eigenvalue weighted by Crippen LogP contribution is -2.50. The number of benzene rings is 1. The summed E-state index contributed by atoms with van der Waals surface area (Å²) < 4.78 is 41.1. The Hall–Kier alpha value is -3.75. The smallest absolute Gasteiger partial charge is 0.274 e. The van der Waals surface area contributed by atoms with Crippen molar-refractivity contribution in [1.29, 1.82) is 0 Å². The van der Waals surface area contributed by atoms with Crippen LogP contribution in [0.3, 0.4) is 0 Å². The molecule has 0 saturated carbocycles. The number of ether oxygens (including phenoxy) is 1. The second-order valence-electron chi connectivity index (χ2n) is 10.5. The van der Waals surface area contributed by atoms with Gasteiger partial charge in [0, 0.05) is 26.6 Å². The maximum Gasteiger partial charge on any atom is 0.274 e. The lowest BCUT2D eigenvalue weighted by atomic mass is 9.99.